The average molecular weight is 223 g/mol. The van der Waals surface area contributed by atoms with Gasteiger partial charge < -0.3 is 5.73 Å². The van der Waals surface area contributed by atoms with Crippen LogP contribution in [-0.4, -0.2) is 26.7 Å². The average Bonchev–Trinajstić information content (AvgIpc) is 2.17. The minimum absolute atomic E-state index is 0.387. The molecule has 0 heterocycles. The molecule has 0 aromatic rings. The number of carbonyl (C=O) groups is 1. The van der Waals surface area contributed by atoms with Crippen LogP contribution >= 0.6 is 0 Å². The van der Waals surface area contributed by atoms with Crippen LogP contribution in [-0.2, 0) is 19.1 Å². The monoisotopic (exact) mass is 223 g/mol. The Labute approximate surface area is 85.1 Å². The highest BCUT2D eigenvalue weighted by Gasteiger charge is 2.16. The fraction of sp³-hybridized carbons (Fsp3) is 0.625. The number of hydrogen-bond donors (Lipinski definition) is 1. The van der Waals surface area contributed by atoms with Gasteiger partial charge in [0, 0.05) is 0 Å². The van der Waals surface area contributed by atoms with Gasteiger partial charge >= 0.3 is 0 Å². The van der Waals surface area contributed by atoms with Gasteiger partial charge in [0.2, 0.25) is 5.91 Å². The Morgan fingerprint density at radius 1 is 1.64 bits per heavy atom. The van der Waals surface area contributed by atoms with Crippen LogP contribution in [0.25, 0.3) is 0 Å². The van der Waals surface area contributed by atoms with Gasteiger partial charge in [-0.25, -0.2) is 0 Å². The molecule has 0 rings (SSSR count). The molecule has 1 atom stereocenters. The van der Waals surface area contributed by atoms with Gasteiger partial charge in [0.15, 0.2) is 0 Å². The van der Waals surface area contributed by atoms with Crippen LogP contribution in [0.3, 0.4) is 0 Å². The number of amides is 1. The summed E-state index contributed by atoms with van der Waals surface area (Å²) in [7, 11) is -2.07. The minimum atomic E-state index is -3.25. The van der Waals surface area contributed by atoms with Crippen LogP contribution in [0.5, 0.6) is 0 Å². The lowest BCUT2D eigenvalue weighted by molar-refractivity contribution is -0.113. The molecule has 1 amide bonds. The molecule has 0 saturated heterocycles. The lowest BCUT2D eigenvalue weighted by Crippen LogP contribution is -2.17. The van der Waals surface area contributed by atoms with Crippen molar-refractivity contribution >= 4 is 16.0 Å². The zero-order chi connectivity index (χ0) is 11.8. The lowest BCUT2D eigenvalue weighted by Gasteiger charge is -2.05. The van der Waals surface area contributed by atoms with E-state index in [-0.39, 0.29) is 5.25 Å². The second-order valence-corrected chi connectivity index (χ2v) is 4.61. The quantitative estimate of drug-likeness (QED) is 0.552. The first-order valence-electron chi connectivity index (χ1n) is 4.03. The summed E-state index contributed by atoms with van der Waals surface area (Å²) >= 11 is 0. The Morgan fingerprint density at radius 2 is 2.00 bits per heavy atom. The zero-order valence-corrected chi connectivity index (χ0v) is 9.50. The summed E-state index contributed by atoms with van der Waals surface area (Å²) in [5.41, 5.74) is 4.53. The van der Waals surface area contributed by atoms with Crippen molar-refractivity contribution in [3.63, 3.8) is 0 Å². The van der Waals surface area contributed by atoms with Crippen molar-refractivity contribution in [2.75, 3.05) is 7.11 Å². The summed E-state index contributed by atoms with van der Waals surface area (Å²) < 4.78 is 25.7. The maximum absolute atomic E-state index is 10.7. The van der Waals surface area contributed by atoms with Crippen LogP contribution in [0, 0.1) is 0 Å². The Balaban J connectivity index is 0. The third-order valence-electron chi connectivity index (χ3n) is 1.50. The Bertz CT molecular complexity index is 271. The van der Waals surface area contributed by atoms with E-state index in [0.29, 0.717) is 6.42 Å². The van der Waals surface area contributed by atoms with Crippen LogP contribution in [0.1, 0.15) is 20.3 Å². The molecule has 0 bridgehead atoms. The molecule has 0 aliphatic rings. The molecule has 5 nitrogen and oxygen atoms in total. The number of carbonyl (C=O) groups excluding carboxylic acids is 1. The molecule has 14 heavy (non-hydrogen) atoms. The molecule has 0 aromatic heterocycles. The van der Waals surface area contributed by atoms with Crippen molar-refractivity contribution in [3.05, 3.63) is 12.7 Å². The van der Waals surface area contributed by atoms with E-state index in [4.69, 9.17) is 0 Å². The first-order chi connectivity index (χ1) is 6.31. The van der Waals surface area contributed by atoms with Crippen LogP contribution in [0.2, 0.25) is 0 Å². The maximum atomic E-state index is 10.7. The summed E-state index contributed by atoms with van der Waals surface area (Å²) in [6.07, 6.45) is 1.65. The van der Waals surface area contributed by atoms with Gasteiger partial charge in [0.1, 0.15) is 0 Å². The minimum Gasteiger partial charge on any atom is -0.366 e. The fourth-order valence-electron chi connectivity index (χ4n) is 0.368. The van der Waals surface area contributed by atoms with E-state index in [9.17, 15) is 13.2 Å². The van der Waals surface area contributed by atoms with Gasteiger partial charge in [-0.1, -0.05) is 13.5 Å². The molecule has 84 valence electrons. The van der Waals surface area contributed by atoms with E-state index in [0.717, 1.165) is 6.08 Å². The third kappa shape index (κ3) is 7.75. The third-order valence-corrected chi connectivity index (χ3v) is 3.28. The Morgan fingerprint density at radius 3 is 2.07 bits per heavy atom. The molecule has 0 aromatic carbocycles. The summed E-state index contributed by atoms with van der Waals surface area (Å²) in [6, 6.07) is 0. The smallest absolute Gasteiger partial charge is 0.269 e. The van der Waals surface area contributed by atoms with Gasteiger partial charge in [-0.3, -0.25) is 8.98 Å². The molecular formula is C8H17NO4S. The summed E-state index contributed by atoms with van der Waals surface area (Å²) in [6.45, 7) is 6.52. The number of primary amides is 1. The van der Waals surface area contributed by atoms with Gasteiger partial charge in [-0.05, 0) is 19.4 Å². The molecule has 6 heteroatoms. The first kappa shape index (κ1) is 15.6. The SMILES string of the molecule is C=CC(N)=O.CCC(C)S(=O)(=O)OC. The van der Waals surface area contributed by atoms with E-state index >= 15 is 0 Å². The van der Waals surface area contributed by atoms with Crippen molar-refractivity contribution in [1.29, 1.82) is 0 Å². The Kier molecular flexibility index (Phi) is 8.37. The van der Waals surface area contributed by atoms with Crippen molar-refractivity contribution in [2.45, 2.75) is 25.5 Å². The predicted octanol–water partition coefficient (Wildman–Crippen LogP) is 0.419. The second kappa shape index (κ2) is 7.52. The molecule has 0 radical (unpaired) electrons. The highest BCUT2D eigenvalue weighted by molar-refractivity contribution is 7.87. The molecule has 0 aliphatic heterocycles. The van der Waals surface area contributed by atoms with Crippen molar-refractivity contribution < 1.29 is 17.4 Å². The van der Waals surface area contributed by atoms with Crippen molar-refractivity contribution in [3.8, 4) is 0 Å². The molecule has 0 aliphatic carbocycles. The van der Waals surface area contributed by atoms with E-state index in [1.807, 2.05) is 0 Å². The van der Waals surface area contributed by atoms with Gasteiger partial charge in [-0.2, -0.15) is 8.42 Å². The zero-order valence-electron chi connectivity index (χ0n) is 8.69. The maximum Gasteiger partial charge on any atom is 0.269 e. The van der Waals surface area contributed by atoms with Crippen molar-refractivity contribution in [1.82, 2.24) is 0 Å². The van der Waals surface area contributed by atoms with E-state index < -0.39 is 16.0 Å². The highest BCUT2D eigenvalue weighted by atomic mass is 32.2. The van der Waals surface area contributed by atoms with Crippen LogP contribution in [0.15, 0.2) is 12.7 Å². The van der Waals surface area contributed by atoms with Gasteiger partial charge in [0.25, 0.3) is 10.1 Å². The van der Waals surface area contributed by atoms with E-state index in [1.165, 1.54) is 7.11 Å². The molecule has 0 saturated carbocycles. The van der Waals surface area contributed by atoms with Crippen LogP contribution in [0.4, 0.5) is 0 Å². The second-order valence-electron chi connectivity index (χ2n) is 2.48. The number of rotatable bonds is 4. The summed E-state index contributed by atoms with van der Waals surface area (Å²) in [5, 5.41) is -0.387. The Hall–Kier alpha value is -0.880. The molecule has 1 unspecified atom stereocenters. The molecule has 0 fully saturated rings. The highest BCUT2D eigenvalue weighted by Crippen LogP contribution is 2.04. The fourth-order valence-corrected chi connectivity index (χ4v) is 1.11. The summed E-state index contributed by atoms with van der Waals surface area (Å²) in [5.74, 6) is -0.481. The van der Waals surface area contributed by atoms with Crippen molar-refractivity contribution in [2.24, 2.45) is 5.73 Å². The number of hydrogen-bond acceptors (Lipinski definition) is 4. The van der Waals surface area contributed by atoms with E-state index in [2.05, 4.69) is 16.5 Å². The standard InChI is InChI=1S/C5H12O3S.C3H5NO/c1-4-5(2)9(6,7)8-3;1-2-3(4)5/h5H,4H2,1-3H3;2H,1H2,(H2,4,5). The topological polar surface area (TPSA) is 86.5 Å². The number of nitrogens with two attached hydrogens (primary N) is 1. The molecule has 0 spiro atoms. The predicted molar refractivity (Wildman–Crippen MR) is 55.1 cm³/mol. The molecular weight excluding hydrogens is 206 g/mol. The van der Waals surface area contributed by atoms with Crippen LogP contribution < -0.4 is 5.73 Å². The van der Waals surface area contributed by atoms with E-state index in [1.54, 1.807) is 13.8 Å². The summed E-state index contributed by atoms with van der Waals surface area (Å²) in [4.78, 5) is 9.47. The normalized spacial score (nSPS) is 12.2. The van der Waals surface area contributed by atoms with Gasteiger partial charge in [-0.15, -0.1) is 0 Å². The lowest BCUT2D eigenvalue weighted by atomic mass is 10.4. The largest absolute Gasteiger partial charge is 0.366 e. The van der Waals surface area contributed by atoms with Gasteiger partial charge in [0.05, 0.1) is 12.4 Å². The molecule has 2 N–H and O–H groups in total. The first-order valence-corrected chi connectivity index (χ1v) is 5.50.